The molecule has 10 heteroatoms. The number of methoxy groups -OCH3 is 1. The highest BCUT2D eigenvalue weighted by molar-refractivity contribution is 6.31. The summed E-state index contributed by atoms with van der Waals surface area (Å²) in [5.74, 6) is -1.59. The Bertz CT molecular complexity index is 1560. The normalized spacial score (nSPS) is 20.4. The second-order valence-corrected chi connectivity index (χ2v) is 11.6. The number of amides is 1. The Kier molecular flexibility index (Phi) is 8.45. The lowest BCUT2D eigenvalue weighted by molar-refractivity contribution is -0.149. The van der Waals surface area contributed by atoms with Crippen LogP contribution in [0, 0.1) is 11.6 Å². The molecular weight excluding hydrogens is 576 g/mol. The number of benzene rings is 3. The molecule has 3 heterocycles. The van der Waals surface area contributed by atoms with E-state index in [2.05, 4.69) is 16.1 Å². The van der Waals surface area contributed by atoms with Gasteiger partial charge in [-0.05, 0) is 66.3 Å². The molecule has 3 aliphatic heterocycles. The van der Waals surface area contributed by atoms with Gasteiger partial charge in [-0.1, -0.05) is 47.1 Å². The van der Waals surface area contributed by atoms with Crippen LogP contribution in [0.3, 0.4) is 0 Å². The van der Waals surface area contributed by atoms with Gasteiger partial charge in [0.2, 0.25) is 6.10 Å². The molecule has 43 heavy (non-hydrogen) atoms. The highest BCUT2D eigenvalue weighted by Gasteiger charge is 2.42. The van der Waals surface area contributed by atoms with Crippen LogP contribution in [-0.4, -0.2) is 61.3 Å². The summed E-state index contributed by atoms with van der Waals surface area (Å²) in [4.78, 5) is 37.4. The van der Waals surface area contributed by atoms with E-state index in [9.17, 15) is 18.4 Å². The number of hydrogen-bond donors (Lipinski definition) is 0. The molecule has 3 aliphatic rings. The van der Waals surface area contributed by atoms with E-state index < -0.39 is 23.9 Å². The molecule has 1 fully saturated rings. The van der Waals surface area contributed by atoms with Gasteiger partial charge in [0.15, 0.2) is 11.6 Å². The van der Waals surface area contributed by atoms with Gasteiger partial charge in [0.05, 0.1) is 16.8 Å². The highest BCUT2D eigenvalue weighted by atomic mass is 35.5. The number of ether oxygens (including phenoxy) is 1. The van der Waals surface area contributed by atoms with Crippen molar-refractivity contribution in [2.45, 2.75) is 50.4 Å². The van der Waals surface area contributed by atoms with Crippen molar-refractivity contribution in [3.05, 3.63) is 99.6 Å². The zero-order valence-corrected chi connectivity index (χ0v) is 24.5. The van der Waals surface area contributed by atoms with Crippen LogP contribution in [0.25, 0.3) is 0 Å². The summed E-state index contributed by atoms with van der Waals surface area (Å²) in [6.45, 7) is 1.97. The third-order valence-corrected chi connectivity index (χ3v) is 8.89. The summed E-state index contributed by atoms with van der Waals surface area (Å²) >= 11 is 5.96. The van der Waals surface area contributed by atoms with Crippen LogP contribution in [0.2, 0.25) is 5.02 Å². The smallest absolute Gasteiger partial charge is 0.267 e. The molecule has 1 saturated heterocycles. The van der Waals surface area contributed by atoms with Crippen LogP contribution in [0.1, 0.15) is 47.6 Å². The SMILES string of the molecule is COC1CCN(c2cccc3c2CCN(C(=O)[C@H]2CC(c4cccc(Cl)c4F)=NO2)[C@H]3C(=O)Cc2ccc(F)cc2)CC1. The molecule has 0 saturated carbocycles. The van der Waals surface area contributed by atoms with Crippen molar-refractivity contribution in [2.75, 3.05) is 31.6 Å². The summed E-state index contributed by atoms with van der Waals surface area (Å²) in [7, 11) is 1.74. The fourth-order valence-electron chi connectivity index (χ4n) is 6.34. The van der Waals surface area contributed by atoms with Crippen molar-refractivity contribution in [1.82, 2.24) is 4.90 Å². The molecule has 0 aromatic heterocycles. The lowest BCUT2D eigenvalue weighted by Gasteiger charge is -2.40. The average Bonchev–Trinajstić information content (AvgIpc) is 3.52. The van der Waals surface area contributed by atoms with Crippen molar-refractivity contribution in [3.8, 4) is 0 Å². The number of ketones is 1. The first kappa shape index (κ1) is 29.3. The van der Waals surface area contributed by atoms with Crippen LogP contribution >= 0.6 is 11.6 Å². The number of anilines is 1. The van der Waals surface area contributed by atoms with E-state index in [-0.39, 0.29) is 46.8 Å². The lowest BCUT2D eigenvalue weighted by atomic mass is 9.86. The number of piperidine rings is 1. The van der Waals surface area contributed by atoms with E-state index in [1.54, 1.807) is 36.3 Å². The maximum Gasteiger partial charge on any atom is 0.267 e. The summed E-state index contributed by atoms with van der Waals surface area (Å²) in [5.41, 5.74) is 4.01. The number of Topliss-reactive ketones (excluding diaryl/α,β-unsaturated/α-hetero) is 1. The Balaban J connectivity index is 1.29. The number of carbonyl (C=O) groups is 2. The molecule has 224 valence electrons. The van der Waals surface area contributed by atoms with Gasteiger partial charge < -0.3 is 19.4 Å². The third-order valence-electron chi connectivity index (χ3n) is 8.60. The zero-order valence-electron chi connectivity index (χ0n) is 23.8. The summed E-state index contributed by atoms with van der Waals surface area (Å²) in [6, 6.07) is 15.4. The Morgan fingerprint density at radius 3 is 2.51 bits per heavy atom. The Morgan fingerprint density at radius 2 is 1.77 bits per heavy atom. The van der Waals surface area contributed by atoms with Gasteiger partial charge in [0, 0.05) is 50.8 Å². The minimum Gasteiger partial charge on any atom is -0.382 e. The van der Waals surface area contributed by atoms with Gasteiger partial charge >= 0.3 is 0 Å². The molecule has 0 N–H and O–H groups in total. The monoisotopic (exact) mass is 607 g/mol. The largest absolute Gasteiger partial charge is 0.382 e. The van der Waals surface area contributed by atoms with Gasteiger partial charge in [-0.25, -0.2) is 8.78 Å². The zero-order chi connectivity index (χ0) is 30.1. The summed E-state index contributed by atoms with van der Waals surface area (Å²) in [6.07, 6.45) is 1.68. The molecule has 1 amide bonds. The van der Waals surface area contributed by atoms with E-state index in [1.807, 2.05) is 12.1 Å². The van der Waals surface area contributed by atoms with E-state index in [1.165, 1.54) is 18.2 Å². The minimum absolute atomic E-state index is 0.0264. The van der Waals surface area contributed by atoms with Crippen molar-refractivity contribution < 1.29 is 27.9 Å². The van der Waals surface area contributed by atoms with Gasteiger partial charge in [0.25, 0.3) is 5.91 Å². The van der Waals surface area contributed by atoms with Gasteiger partial charge in [-0.3, -0.25) is 9.59 Å². The first-order chi connectivity index (χ1) is 20.8. The number of nitrogens with zero attached hydrogens (tertiary/aromatic N) is 3. The first-order valence-electron chi connectivity index (χ1n) is 14.5. The van der Waals surface area contributed by atoms with E-state index in [4.69, 9.17) is 21.2 Å². The molecular formula is C33H32ClF2N3O4. The van der Waals surface area contributed by atoms with Gasteiger partial charge in [0.1, 0.15) is 11.9 Å². The van der Waals surface area contributed by atoms with Crippen molar-refractivity contribution in [3.63, 3.8) is 0 Å². The Hall–Kier alpha value is -3.82. The second-order valence-electron chi connectivity index (χ2n) is 11.2. The molecule has 0 spiro atoms. The molecule has 0 aliphatic carbocycles. The summed E-state index contributed by atoms with van der Waals surface area (Å²) < 4.78 is 33.8. The van der Waals surface area contributed by atoms with Crippen LogP contribution in [0.5, 0.6) is 0 Å². The number of rotatable bonds is 7. The van der Waals surface area contributed by atoms with Crippen LogP contribution in [0.4, 0.5) is 14.5 Å². The van der Waals surface area contributed by atoms with E-state index in [0.29, 0.717) is 18.5 Å². The van der Waals surface area contributed by atoms with Crippen LogP contribution in [0.15, 0.2) is 65.8 Å². The number of fused-ring (bicyclic) bond motifs is 1. The molecule has 7 nitrogen and oxygen atoms in total. The lowest BCUT2D eigenvalue weighted by Crippen LogP contribution is -2.48. The molecule has 2 atom stereocenters. The molecule has 0 radical (unpaired) electrons. The average molecular weight is 608 g/mol. The summed E-state index contributed by atoms with van der Waals surface area (Å²) in [5, 5.41) is 3.97. The van der Waals surface area contributed by atoms with Crippen molar-refractivity contribution >= 4 is 34.7 Å². The van der Waals surface area contributed by atoms with Crippen molar-refractivity contribution in [2.24, 2.45) is 5.16 Å². The maximum absolute atomic E-state index is 14.7. The molecule has 3 aromatic carbocycles. The molecule has 3 aromatic rings. The van der Waals surface area contributed by atoms with Gasteiger partial charge in [-0.2, -0.15) is 0 Å². The van der Waals surface area contributed by atoms with E-state index in [0.717, 1.165) is 42.7 Å². The molecule has 0 bridgehead atoms. The number of carbonyl (C=O) groups excluding carboxylic acids is 2. The fraction of sp³-hybridized carbons (Fsp3) is 0.364. The minimum atomic E-state index is -1.01. The maximum atomic E-state index is 14.7. The standard InChI is InChI=1S/C33H32ClF2N3O4/c1-42-22-12-15-38(16-13-22)28-7-3-4-24-23(28)14-17-39(32(24)29(40)18-20-8-10-21(35)11-9-20)33(41)30-19-27(37-43-30)25-5-2-6-26(34)31(25)36/h2-11,22,30,32H,12-19H2,1H3/t30-,32-/m1/s1. The van der Waals surface area contributed by atoms with Crippen LogP contribution in [-0.2, 0) is 32.0 Å². The second kappa shape index (κ2) is 12.4. The van der Waals surface area contributed by atoms with Crippen molar-refractivity contribution in [1.29, 1.82) is 0 Å². The number of halogens is 3. The van der Waals surface area contributed by atoms with Gasteiger partial charge in [-0.15, -0.1) is 0 Å². The number of hydrogen-bond acceptors (Lipinski definition) is 6. The predicted molar refractivity (Wildman–Crippen MR) is 159 cm³/mol. The third kappa shape index (κ3) is 5.88. The molecule has 0 unspecified atom stereocenters. The topological polar surface area (TPSA) is 71.4 Å². The fourth-order valence-corrected chi connectivity index (χ4v) is 6.52. The molecule has 6 rings (SSSR count). The Labute approximate surface area is 254 Å². The van der Waals surface area contributed by atoms with Crippen LogP contribution < -0.4 is 4.90 Å². The highest BCUT2D eigenvalue weighted by Crippen LogP contribution is 2.39. The van der Waals surface area contributed by atoms with E-state index >= 15 is 0 Å². The Morgan fingerprint density at radius 1 is 1.02 bits per heavy atom. The first-order valence-corrected chi connectivity index (χ1v) is 14.9. The predicted octanol–water partition coefficient (Wildman–Crippen LogP) is 5.66. The number of oxime groups is 1. The quantitative estimate of drug-likeness (QED) is 0.346.